The van der Waals surface area contributed by atoms with E-state index in [-0.39, 0.29) is 29.3 Å². The van der Waals surface area contributed by atoms with Gasteiger partial charge in [-0.25, -0.2) is 0 Å². The van der Waals surface area contributed by atoms with E-state index in [0.717, 1.165) is 5.56 Å². The summed E-state index contributed by atoms with van der Waals surface area (Å²) < 4.78 is 0. The fourth-order valence-corrected chi connectivity index (χ4v) is 1.84. The van der Waals surface area contributed by atoms with Gasteiger partial charge in [0, 0.05) is 5.56 Å². The summed E-state index contributed by atoms with van der Waals surface area (Å²) in [5.41, 5.74) is 1.57. The summed E-state index contributed by atoms with van der Waals surface area (Å²) in [5.74, 6) is -0.696. The molecule has 0 bridgehead atoms. The molecule has 3 heteroatoms. The molecule has 1 N–H and O–H groups in total. The first-order valence-corrected chi connectivity index (χ1v) is 5.99. The summed E-state index contributed by atoms with van der Waals surface area (Å²) in [6, 6.07) is 13.4. The van der Waals surface area contributed by atoms with Crippen LogP contribution in [0.1, 0.15) is 32.7 Å². The molecule has 0 aliphatic carbocycles. The van der Waals surface area contributed by atoms with Gasteiger partial charge >= 0.3 is 0 Å². The van der Waals surface area contributed by atoms with Gasteiger partial charge in [0.2, 0.25) is 0 Å². The molecule has 19 heavy (non-hydrogen) atoms. The highest BCUT2D eigenvalue weighted by molar-refractivity contribution is 6.14. The van der Waals surface area contributed by atoms with Crippen molar-refractivity contribution in [1.82, 2.24) is 0 Å². The minimum atomic E-state index is -0.366. The normalized spacial score (nSPS) is 10.2. The van der Waals surface area contributed by atoms with Crippen LogP contribution >= 0.6 is 0 Å². The Balaban J connectivity index is 2.18. The molecule has 0 aromatic heterocycles. The molecule has 0 aliphatic heterocycles. The highest BCUT2D eigenvalue weighted by atomic mass is 16.3. The number of rotatable bonds is 4. The Bertz CT molecular complexity index is 615. The Morgan fingerprint density at radius 3 is 2.37 bits per heavy atom. The average Bonchev–Trinajstić information content (AvgIpc) is 2.42. The van der Waals surface area contributed by atoms with Gasteiger partial charge in [0.25, 0.3) is 0 Å². The minimum absolute atomic E-state index is 0.0866. The molecule has 0 unspecified atom stereocenters. The van der Waals surface area contributed by atoms with E-state index in [4.69, 9.17) is 0 Å². The van der Waals surface area contributed by atoms with Gasteiger partial charge < -0.3 is 5.11 Å². The second kappa shape index (κ2) is 5.48. The lowest BCUT2D eigenvalue weighted by molar-refractivity contribution is 0.0893. The van der Waals surface area contributed by atoms with Gasteiger partial charge in [-0.3, -0.25) is 9.59 Å². The van der Waals surface area contributed by atoms with Crippen LogP contribution in [0, 0.1) is 6.92 Å². The molecule has 2 rings (SSSR count). The van der Waals surface area contributed by atoms with Crippen molar-refractivity contribution in [2.24, 2.45) is 0 Å². The molecule has 2 aromatic rings. The van der Waals surface area contributed by atoms with Crippen LogP contribution in [0.5, 0.6) is 5.75 Å². The number of hydrogen-bond donors (Lipinski definition) is 1. The minimum Gasteiger partial charge on any atom is -0.507 e. The molecule has 96 valence electrons. The first-order valence-electron chi connectivity index (χ1n) is 5.99. The van der Waals surface area contributed by atoms with E-state index in [1.54, 1.807) is 36.4 Å². The lowest BCUT2D eigenvalue weighted by atomic mass is 10.00. The Kier molecular flexibility index (Phi) is 3.76. The molecule has 0 heterocycles. The van der Waals surface area contributed by atoms with Crippen LogP contribution in [-0.4, -0.2) is 16.7 Å². The van der Waals surface area contributed by atoms with E-state index in [2.05, 4.69) is 0 Å². The van der Waals surface area contributed by atoms with Crippen LogP contribution in [0.4, 0.5) is 0 Å². The maximum Gasteiger partial charge on any atom is 0.174 e. The molecule has 0 radical (unpaired) electrons. The number of phenolic OH excluding ortho intramolecular Hbond substituents is 1. The quantitative estimate of drug-likeness (QED) is 0.673. The molecule has 2 aromatic carbocycles. The standard InChI is InChI=1S/C16H14O3/c1-11-7-8-14(17)13(9-11)16(19)10-15(18)12-5-3-2-4-6-12/h2-9,17H,10H2,1H3. The third-order valence-electron chi connectivity index (χ3n) is 2.87. The van der Waals surface area contributed by atoms with Crippen molar-refractivity contribution in [2.45, 2.75) is 13.3 Å². The summed E-state index contributed by atoms with van der Waals surface area (Å²) in [5, 5.41) is 9.66. The molecular weight excluding hydrogens is 240 g/mol. The van der Waals surface area contributed by atoms with E-state index in [9.17, 15) is 14.7 Å². The Hall–Kier alpha value is -2.42. The van der Waals surface area contributed by atoms with Crippen LogP contribution < -0.4 is 0 Å². The first kappa shape index (κ1) is 13.0. The zero-order valence-corrected chi connectivity index (χ0v) is 10.6. The van der Waals surface area contributed by atoms with E-state index in [1.807, 2.05) is 13.0 Å². The Morgan fingerprint density at radius 2 is 1.68 bits per heavy atom. The zero-order valence-electron chi connectivity index (χ0n) is 10.6. The first-order chi connectivity index (χ1) is 9.08. The summed E-state index contributed by atoms with van der Waals surface area (Å²) in [7, 11) is 0. The van der Waals surface area contributed by atoms with Gasteiger partial charge in [0.15, 0.2) is 11.6 Å². The summed E-state index contributed by atoms with van der Waals surface area (Å²) in [6.07, 6.45) is -0.235. The highest BCUT2D eigenvalue weighted by Crippen LogP contribution is 2.20. The number of hydrogen-bond acceptors (Lipinski definition) is 3. The van der Waals surface area contributed by atoms with Crippen LogP contribution in [0.2, 0.25) is 0 Å². The number of carbonyl (C=O) groups excluding carboxylic acids is 2. The van der Waals surface area contributed by atoms with Gasteiger partial charge in [0.1, 0.15) is 5.75 Å². The number of phenols is 1. The molecule has 0 spiro atoms. The monoisotopic (exact) mass is 254 g/mol. The third kappa shape index (κ3) is 3.07. The van der Waals surface area contributed by atoms with Crippen molar-refractivity contribution < 1.29 is 14.7 Å². The van der Waals surface area contributed by atoms with Crippen LogP contribution in [0.3, 0.4) is 0 Å². The van der Waals surface area contributed by atoms with Gasteiger partial charge in [0.05, 0.1) is 12.0 Å². The molecule has 0 amide bonds. The predicted molar refractivity (Wildman–Crippen MR) is 72.6 cm³/mol. The Labute approximate surface area is 111 Å². The predicted octanol–water partition coefficient (Wildman–Crippen LogP) is 3.16. The molecule has 0 saturated heterocycles. The largest absolute Gasteiger partial charge is 0.507 e. The summed E-state index contributed by atoms with van der Waals surface area (Å²) in [4.78, 5) is 23.9. The lowest BCUT2D eigenvalue weighted by Gasteiger charge is -2.05. The van der Waals surface area contributed by atoms with Gasteiger partial charge in [-0.05, 0) is 19.1 Å². The van der Waals surface area contributed by atoms with Crippen molar-refractivity contribution in [1.29, 1.82) is 0 Å². The fraction of sp³-hybridized carbons (Fsp3) is 0.125. The number of ketones is 2. The van der Waals surface area contributed by atoms with Crippen LogP contribution in [0.15, 0.2) is 48.5 Å². The zero-order chi connectivity index (χ0) is 13.8. The van der Waals surface area contributed by atoms with E-state index >= 15 is 0 Å². The van der Waals surface area contributed by atoms with Crippen LogP contribution in [0.25, 0.3) is 0 Å². The summed E-state index contributed by atoms with van der Waals surface area (Å²) in [6.45, 7) is 1.83. The number of Topliss-reactive ketones (excluding diaryl/α,β-unsaturated/α-hetero) is 2. The van der Waals surface area contributed by atoms with E-state index < -0.39 is 0 Å². The molecule has 0 aliphatic rings. The molecule has 3 nitrogen and oxygen atoms in total. The number of carbonyl (C=O) groups is 2. The van der Waals surface area contributed by atoms with E-state index in [0.29, 0.717) is 5.56 Å². The summed E-state index contributed by atoms with van der Waals surface area (Å²) >= 11 is 0. The third-order valence-corrected chi connectivity index (χ3v) is 2.87. The Morgan fingerprint density at radius 1 is 1.00 bits per heavy atom. The second-order valence-electron chi connectivity index (χ2n) is 4.41. The highest BCUT2D eigenvalue weighted by Gasteiger charge is 2.16. The van der Waals surface area contributed by atoms with Crippen molar-refractivity contribution in [2.75, 3.05) is 0 Å². The molecular formula is C16H14O3. The SMILES string of the molecule is Cc1ccc(O)c(C(=O)CC(=O)c2ccccc2)c1. The maximum absolute atomic E-state index is 12.0. The molecule has 0 fully saturated rings. The molecule has 0 atom stereocenters. The van der Waals surface area contributed by atoms with Crippen molar-refractivity contribution in [3.8, 4) is 5.75 Å². The van der Waals surface area contributed by atoms with Gasteiger partial charge in [-0.15, -0.1) is 0 Å². The van der Waals surface area contributed by atoms with Crippen molar-refractivity contribution >= 4 is 11.6 Å². The second-order valence-corrected chi connectivity index (χ2v) is 4.41. The van der Waals surface area contributed by atoms with Gasteiger partial charge in [-0.2, -0.15) is 0 Å². The number of benzene rings is 2. The topological polar surface area (TPSA) is 54.4 Å². The van der Waals surface area contributed by atoms with Crippen LogP contribution in [-0.2, 0) is 0 Å². The number of aromatic hydroxyl groups is 1. The lowest BCUT2D eigenvalue weighted by Crippen LogP contribution is -2.09. The van der Waals surface area contributed by atoms with Gasteiger partial charge in [-0.1, -0.05) is 42.0 Å². The molecule has 0 saturated carbocycles. The maximum atomic E-state index is 12.0. The number of aryl methyl sites for hydroxylation is 1. The van der Waals surface area contributed by atoms with Crippen molar-refractivity contribution in [3.63, 3.8) is 0 Å². The average molecular weight is 254 g/mol. The van der Waals surface area contributed by atoms with Crippen molar-refractivity contribution in [3.05, 3.63) is 65.2 Å². The smallest absolute Gasteiger partial charge is 0.174 e. The fourth-order valence-electron chi connectivity index (χ4n) is 1.84. The van der Waals surface area contributed by atoms with E-state index in [1.165, 1.54) is 6.07 Å².